The number of carbonyl (C=O) groups is 1. The zero-order valence-corrected chi connectivity index (χ0v) is 12.0. The minimum absolute atomic E-state index is 0.0243. The third-order valence-electron chi connectivity index (χ3n) is 2.54. The van der Waals surface area contributed by atoms with E-state index in [9.17, 15) is 4.79 Å². The maximum atomic E-state index is 11.5. The van der Waals surface area contributed by atoms with Crippen molar-refractivity contribution in [2.24, 2.45) is 0 Å². The Morgan fingerprint density at radius 1 is 1.40 bits per heavy atom. The first kappa shape index (κ1) is 14.3. The van der Waals surface area contributed by atoms with Gasteiger partial charge in [-0.2, -0.15) is 0 Å². The zero-order valence-electron chi connectivity index (χ0n) is 11.2. The molecule has 0 radical (unpaired) electrons. The van der Waals surface area contributed by atoms with Gasteiger partial charge in [-0.05, 0) is 12.1 Å². The summed E-state index contributed by atoms with van der Waals surface area (Å²) in [6.45, 7) is -0.0243. The van der Waals surface area contributed by atoms with Gasteiger partial charge in [-0.1, -0.05) is 23.5 Å². The first-order valence-electron chi connectivity index (χ1n) is 5.84. The molecule has 0 saturated heterocycles. The number of rotatable bonds is 5. The fourth-order valence-electron chi connectivity index (χ4n) is 1.71. The summed E-state index contributed by atoms with van der Waals surface area (Å²) in [7, 11) is 3.04. The van der Waals surface area contributed by atoms with E-state index in [1.165, 1.54) is 18.4 Å². The van der Waals surface area contributed by atoms with E-state index in [-0.39, 0.29) is 12.5 Å². The molecule has 0 aliphatic heterocycles. The predicted molar refractivity (Wildman–Crippen MR) is 79.0 cm³/mol. The zero-order chi connectivity index (χ0) is 14.5. The van der Waals surface area contributed by atoms with Gasteiger partial charge in [0.2, 0.25) is 0 Å². The van der Waals surface area contributed by atoms with Gasteiger partial charge < -0.3 is 15.2 Å². The molecule has 2 aromatic rings. The standard InChI is InChI=1S/C13H15N3O3S/c1-18-7-10(17)15-13-16-11(12(14)20-13)8-5-3-4-6-9(8)19-2/h3-6H,7,14H2,1-2H3,(H,15,16,17). The number of hydrogen-bond acceptors (Lipinski definition) is 6. The van der Waals surface area contributed by atoms with Crippen molar-refractivity contribution in [1.29, 1.82) is 0 Å². The van der Waals surface area contributed by atoms with Crippen molar-refractivity contribution < 1.29 is 14.3 Å². The number of benzene rings is 1. The summed E-state index contributed by atoms with van der Waals surface area (Å²) in [4.78, 5) is 15.8. The smallest absolute Gasteiger partial charge is 0.252 e. The number of nitrogens with two attached hydrogens (primary N) is 1. The fourth-order valence-corrected chi connectivity index (χ4v) is 2.47. The van der Waals surface area contributed by atoms with Crippen LogP contribution in [0.5, 0.6) is 5.75 Å². The van der Waals surface area contributed by atoms with E-state index in [1.54, 1.807) is 7.11 Å². The van der Waals surface area contributed by atoms with Gasteiger partial charge in [0.1, 0.15) is 23.1 Å². The summed E-state index contributed by atoms with van der Waals surface area (Å²) >= 11 is 1.21. The first-order valence-corrected chi connectivity index (χ1v) is 6.65. The molecule has 1 aromatic heterocycles. The van der Waals surface area contributed by atoms with Crippen LogP contribution < -0.4 is 15.8 Å². The summed E-state index contributed by atoms with van der Waals surface area (Å²) < 4.78 is 10.0. The van der Waals surface area contributed by atoms with Crippen molar-refractivity contribution >= 4 is 27.4 Å². The van der Waals surface area contributed by atoms with Crippen molar-refractivity contribution in [3.63, 3.8) is 0 Å². The van der Waals surface area contributed by atoms with Gasteiger partial charge in [0.15, 0.2) is 5.13 Å². The van der Waals surface area contributed by atoms with Gasteiger partial charge in [-0.15, -0.1) is 0 Å². The van der Waals surface area contributed by atoms with Crippen molar-refractivity contribution in [2.45, 2.75) is 0 Å². The molecule has 0 saturated carbocycles. The number of aromatic nitrogens is 1. The quantitative estimate of drug-likeness (QED) is 0.880. The molecule has 7 heteroatoms. The fraction of sp³-hybridized carbons (Fsp3) is 0.231. The van der Waals surface area contributed by atoms with Gasteiger partial charge in [-0.3, -0.25) is 10.1 Å². The number of anilines is 2. The maximum Gasteiger partial charge on any atom is 0.252 e. The normalized spacial score (nSPS) is 10.3. The molecule has 1 amide bonds. The summed E-state index contributed by atoms with van der Waals surface area (Å²) in [5.41, 5.74) is 7.35. The minimum Gasteiger partial charge on any atom is -0.496 e. The molecule has 0 bridgehead atoms. The average molecular weight is 293 g/mol. The molecule has 0 atom stereocenters. The minimum atomic E-state index is -0.271. The number of carbonyl (C=O) groups excluding carboxylic acids is 1. The van der Waals surface area contributed by atoms with E-state index >= 15 is 0 Å². The van der Waals surface area contributed by atoms with Crippen LogP contribution in [0.3, 0.4) is 0 Å². The lowest BCUT2D eigenvalue weighted by atomic mass is 10.1. The molecule has 106 valence electrons. The molecule has 0 spiro atoms. The van der Waals surface area contributed by atoms with Crippen molar-refractivity contribution in [3.05, 3.63) is 24.3 Å². The van der Waals surface area contributed by atoms with Gasteiger partial charge in [0.25, 0.3) is 5.91 Å². The molecule has 3 N–H and O–H groups in total. The second kappa shape index (κ2) is 6.36. The van der Waals surface area contributed by atoms with Crippen LogP contribution in [0.25, 0.3) is 11.3 Å². The molecule has 6 nitrogen and oxygen atoms in total. The Labute approximate surface area is 120 Å². The summed E-state index contributed by atoms with van der Waals surface area (Å²) in [5, 5.41) is 3.59. The number of hydrogen-bond donors (Lipinski definition) is 2. The van der Waals surface area contributed by atoms with Crippen LogP contribution in [0, 0.1) is 0 Å². The lowest BCUT2D eigenvalue weighted by molar-refractivity contribution is -0.119. The van der Waals surface area contributed by atoms with E-state index in [2.05, 4.69) is 10.3 Å². The maximum absolute atomic E-state index is 11.5. The van der Waals surface area contributed by atoms with E-state index in [1.807, 2.05) is 24.3 Å². The summed E-state index contributed by atoms with van der Waals surface area (Å²) in [6.07, 6.45) is 0. The van der Waals surface area contributed by atoms with Crippen LogP contribution in [0.15, 0.2) is 24.3 Å². The van der Waals surface area contributed by atoms with E-state index in [4.69, 9.17) is 15.2 Å². The molecular formula is C13H15N3O3S. The van der Waals surface area contributed by atoms with Crippen molar-refractivity contribution in [3.8, 4) is 17.0 Å². The predicted octanol–water partition coefficient (Wildman–Crippen LogP) is 1.99. The van der Waals surface area contributed by atoms with E-state index < -0.39 is 0 Å². The Hall–Kier alpha value is -2.12. The molecular weight excluding hydrogens is 278 g/mol. The molecule has 1 aromatic carbocycles. The van der Waals surface area contributed by atoms with Crippen LogP contribution in [0.1, 0.15) is 0 Å². The van der Waals surface area contributed by atoms with Crippen LogP contribution in [0.2, 0.25) is 0 Å². The highest BCUT2D eigenvalue weighted by Gasteiger charge is 2.15. The number of thiazole rings is 1. The molecule has 0 aliphatic carbocycles. The number of amides is 1. The van der Waals surface area contributed by atoms with Gasteiger partial charge in [0, 0.05) is 12.7 Å². The molecule has 0 fully saturated rings. The van der Waals surface area contributed by atoms with Gasteiger partial charge in [-0.25, -0.2) is 4.98 Å². The SMILES string of the molecule is COCC(=O)Nc1nc(-c2ccccc2OC)c(N)s1. The Bertz CT molecular complexity index is 613. The van der Waals surface area contributed by atoms with Gasteiger partial charge >= 0.3 is 0 Å². The number of para-hydroxylation sites is 1. The second-order valence-corrected chi connectivity index (χ2v) is 4.94. The van der Waals surface area contributed by atoms with Crippen LogP contribution in [-0.4, -0.2) is 31.7 Å². The topological polar surface area (TPSA) is 86.5 Å². The number of ether oxygens (including phenoxy) is 2. The lowest BCUT2D eigenvalue weighted by Crippen LogP contribution is -2.16. The van der Waals surface area contributed by atoms with Crippen LogP contribution in [-0.2, 0) is 9.53 Å². The highest BCUT2D eigenvalue weighted by Crippen LogP contribution is 2.37. The van der Waals surface area contributed by atoms with E-state index in [0.29, 0.717) is 21.6 Å². The Balaban J connectivity index is 2.29. The van der Waals surface area contributed by atoms with Crippen LogP contribution >= 0.6 is 11.3 Å². The summed E-state index contributed by atoms with van der Waals surface area (Å²) in [6, 6.07) is 7.44. The van der Waals surface area contributed by atoms with Crippen molar-refractivity contribution in [1.82, 2.24) is 4.98 Å². The number of nitrogen functional groups attached to an aromatic ring is 1. The second-order valence-electron chi connectivity index (χ2n) is 3.91. The number of nitrogens with one attached hydrogen (secondary N) is 1. The molecule has 1 heterocycles. The molecule has 0 unspecified atom stereocenters. The number of methoxy groups -OCH3 is 2. The Kier molecular flexibility index (Phi) is 4.54. The third kappa shape index (κ3) is 3.06. The largest absolute Gasteiger partial charge is 0.496 e. The molecule has 20 heavy (non-hydrogen) atoms. The highest BCUT2D eigenvalue weighted by molar-refractivity contribution is 7.20. The Morgan fingerprint density at radius 3 is 2.85 bits per heavy atom. The lowest BCUT2D eigenvalue weighted by Gasteiger charge is -2.05. The van der Waals surface area contributed by atoms with E-state index in [0.717, 1.165) is 5.56 Å². The molecule has 2 rings (SSSR count). The monoisotopic (exact) mass is 293 g/mol. The Morgan fingerprint density at radius 2 is 2.15 bits per heavy atom. The van der Waals surface area contributed by atoms with Gasteiger partial charge in [0.05, 0.1) is 7.11 Å². The average Bonchev–Trinajstić information content (AvgIpc) is 2.79. The molecule has 0 aliphatic rings. The number of nitrogens with zero attached hydrogens (tertiary/aromatic N) is 1. The van der Waals surface area contributed by atoms with Crippen molar-refractivity contribution in [2.75, 3.05) is 31.9 Å². The van der Waals surface area contributed by atoms with Crippen LogP contribution in [0.4, 0.5) is 10.1 Å². The third-order valence-corrected chi connectivity index (χ3v) is 3.34. The summed E-state index contributed by atoms with van der Waals surface area (Å²) in [5.74, 6) is 0.409. The highest BCUT2D eigenvalue weighted by atomic mass is 32.1. The first-order chi connectivity index (χ1) is 9.65.